The Morgan fingerprint density at radius 3 is 2.94 bits per heavy atom. The summed E-state index contributed by atoms with van der Waals surface area (Å²) in [6.07, 6.45) is 0.0614. The molecule has 1 aromatic heterocycles. The topological polar surface area (TPSA) is 111 Å². The zero-order valence-electron chi connectivity index (χ0n) is 8.51. The lowest BCUT2D eigenvalue weighted by atomic mass is 10.2. The number of rotatable bonds is 3. The van der Waals surface area contributed by atoms with Crippen molar-refractivity contribution in [1.29, 1.82) is 0 Å². The molecule has 1 saturated heterocycles. The molecule has 0 bridgehead atoms. The van der Waals surface area contributed by atoms with Gasteiger partial charge in [-0.3, -0.25) is 0 Å². The monoisotopic (exact) mass is 307 g/mol. The standard InChI is InChI=1S/C8H10BrN3O5/c9-5-4(3-13)17-7(6(5)14)11-2-1-10-8(11)12(15)16/h1-2,4-7,13-14H,3H2/t4?,5-,6-,7-/m1/s1. The minimum atomic E-state index is -1.000. The second-order valence-electron chi connectivity index (χ2n) is 3.57. The van der Waals surface area contributed by atoms with Crippen molar-refractivity contribution in [3.63, 3.8) is 0 Å². The van der Waals surface area contributed by atoms with Crippen LogP contribution in [0.1, 0.15) is 6.23 Å². The van der Waals surface area contributed by atoms with Crippen LogP contribution in [-0.2, 0) is 4.74 Å². The van der Waals surface area contributed by atoms with Crippen LogP contribution in [0.4, 0.5) is 5.95 Å². The fraction of sp³-hybridized carbons (Fsp3) is 0.625. The van der Waals surface area contributed by atoms with Gasteiger partial charge in [0.1, 0.15) is 18.5 Å². The highest BCUT2D eigenvalue weighted by atomic mass is 79.9. The first-order valence-corrected chi connectivity index (χ1v) is 5.73. The molecule has 1 fully saturated rings. The van der Waals surface area contributed by atoms with Crippen molar-refractivity contribution in [1.82, 2.24) is 9.55 Å². The first-order chi connectivity index (χ1) is 8.06. The van der Waals surface area contributed by atoms with Crippen molar-refractivity contribution in [3.05, 3.63) is 22.5 Å². The molecular weight excluding hydrogens is 298 g/mol. The Kier molecular flexibility index (Phi) is 3.43. The summed E-state index contributed by atoms with van der Waals surface area (Å²) < 4.78 is 6.48. The van der Waals surface area contributed by atoms with E-state index >= 15 is 0 Å². The molecule has 4 atom stereocenters. The molecule has 17 heavy (non-hydrogen) atoms. The summed E-state index contributed by atoms with van der Waals surface area (Å²) in [6.45, 7) is -0.286. The van der Waals surface area contributed by atoms with Crippen LogP contribution in [0.25, 0.3) is 0 Å². The maximum Gasteiger partial charge on any atom is 0.436 e. The Bertz CT molecular complexity index is 425. The number of aliphatic hydroxyl groups is 2. The fourth-order valence-electron chi connectivity index (χ4n) is 1.73. The Morgan fingerprint density at radius 1 is 1.71 bits per heavy atom. The van der Waals surface area contributed by atoms with Gasteiger partial charge in [0, 0.05) is 0 Å². The van der Waals surface area contributed by atoms with Gasteiger partial charge < -0.3 is 25.1 Å². The molecule has 1 aromatic rings. The minimum absolute atomic E-state index is 0.286. The van der Waals surface area contributed by atoms with Crippen LogP contribution >= 0.6 is 15.9 Å². The molecule has 2 N–H and O–H groups in total. The molecule has 2 rings (SSSR count). The first-order valence-electron chi connectivity index (χ1n) is 4.82. The Labute approximate surface area is 104 Å². The van der Waals surface area contributed by atoms with Crippen LogP contribution < -0.4 is 0 Å². The number of nitrogens with zero attached hydrogens (tertiary/aromatic N) is 3. The molecule has 0 aliphatic carbocycles. The SMILES string of the molecule is O=[N+]([O-])c1nccn1[C@@H]1OC(CO)[C@@H](Br)[C@H]1O. The Hall–Kier alpha value is -1.03. The van der Waals surface area contributed by atoms with Crippen molar-refractivity contribution >= 4 is 21.9 Å². The maximum atomic E-state index is 10.7. The summed E-state index contributed by atoms with van der Waals surface area (Å²) in [5.41, 5.74) is 0. The summed E-state index contributed by atoms with van der Waals surface area (Å²) in [7, 11) is 0. The smallest absolute Gasteiger partial charge is 0.394 e. The number of alkyl halides is 1. The van der Waals surface area contributed by atoms with E-state index in [9.17, 15) is 15.2 Å². The number of aliphatic hydroxyl groups excluding tert-OH is 2. The molecule has 0 aromatic carbocycles. The van der Waals surface area contributed by atoms with E-state index in [1.165, 1.54) is 12.4 Å². The lowest BCUT2D eigenvalue weighted by Gasteiger charge is -2.13. The molecule has 0 radical (unpaired) electrons. The maximum absolute atomic E-state index is 10.7. The van der Waals surface area contributed by atoms with Crippen LogP contribution in [0, 0.1) is 10.1 Å². The molecule has 1 aliphatic rings. The van der Waals surface area contributed by atoms with Crippen LogP contribution in [-0.4, -0.2) is 48.3 Å². The lowest BCUT2D eigenvalue weighted by Crippen LogP contribution is -2.28. The number of hydrogen-bond acceptors (Lipinski definition) is 6. The number of nitro groups is 1. The van der Waals surface area contributed by atoms with Gasteiger partial charge in [0.05, 0.1) is 17.5 Å². The number of aromatic nitrogens is 2. The van der Waals surface area contributed by atoms with Gasteiger partial charge in [0.25, 0.3) is 0 Å². The van der Waals surface area contributed by atoms with Gasteiger partial charge >= 0.3 is 5.95 Å². The van der Waals surface area contributed by atoms with E-state index < -0.39 is 34.1 Å². The number of imidazole rings is 1. The average molecular weight is 308 g/mol. The largest absolute Gasteiger partial charge is 0.436 e. The van der Waals surface area contributed by atoms with Crippen molar-refractivity contribution in [2.24, 2.45) is 0 Å². The van der Waals surface area contributed by atoms with Crippen LogP contribution in [0.2, 0.25) is 0 Å². The van der Waals surface area contributed by atoms with Crippen molar-refractivity contribution in [2.45, 2.75) is 23.3 Å². The minimum Gasteiger partial charge on any atom is -0.394 e. The zero-order valence-corrected chi connectivity index (χ0v) is 10.1. The van der Waals surface area contributed by atoms with E-state index in [0.29, 0.717) is 0 Å². The number of ether oxygens (including phenoxy) is 1. The average Bonchev–Trinajstić information content (AvgIpc) is 2.86. The van der Waals surface area contributed by atoms with Gasteiger partial charge in [-0.25, -0.2) is 0 Å². The molecule has 9 heteroatoms. The molecular formula is C8H10BrN3O5. The summed E-state index contributed by atoms with van der Waals surface area (Å²) >= 11 is 3.18. The van der Waals surface area contributed by atoms with Crippen LogP contribution in [0.3, 0.4) is 0 Å². The van der Waals surface area contributed by atoms with Crippen molar-refractivity contribution < 1.29 is 19.9 Å². The van der Waals surface area contributed by atoms with E-state index in [-0.39, 0.29) is 6.61 Å². The molecule has 0 spiro atoms. The van der Waals surface area contributed by atoms with Crippen molar-refractivity contribution in [3.8, 4) is 0 Å². The molecule has 0 amide bonds. The van der Waals surface area contributed by atoms with E-state index in [1.807, 2.05) is 0 Å². The number of hydrogen-bond donors (Lipinski definition) is 2. The molecule has 0 saturated carbocycles. The second kappa shape index (κ2) is 4.69. The Balaban J connectivity index is 2.29. The quantitative estimate of drug-likeness (QED) is 0.455. The predicted molar refractivity (Wildman–Crippen MR) is 58.6 cm³/mol. The summed E-state index contributed by atoms with van der Waals surface area (Å²) in [6, 6.07) is 0. The second-order valence-corrected chi connectivity index (χ2v) is 4.63. The van der Waals surface area contributed by atoms with Gasteiger partial charge in [-0.1, -0.05) is 20.9 Å². The zero-order chi connectivity index (χ0) is 12.6. The third-order valence-corrected chi connectivity index (χ3v) is 3.68. The van der Waals surface area contributed by atoms with E-state index in [1.54, 1.807) is 0 Å². The highest BCUT2D eigenvalue weighted by molar-refractivity contribution is 9.09. The highest BCUT2D eigenvalue weighted by Gasteiger charge is 2.46. The van der Waals surface area contributed by atoms with Gasteiger partial charge in [-0.15, -0.1) is 0 Å². The van der Waals surface area contributed by atoms with Crippen LogP contribution in [0.15, 0.2) is 12.4 Å². The van der Waals surface area contributed by atoms with Gasteiger partial charge in [-0.05, 0) is 4.92 Å². The van der Waals surface area contributed by atoms with E-state index in [0.717, 1.165) is 4.57 Å². The summed E-state index contributed by atoms with van der Waals surface area (Å²) in [5.74, 6) is -0.410. The molecule has 94 valence electrons. The molecule has 2 heterocycles. The third kappa shape index (κ3) is 2.06. The highest BCUT2D eigenvalue weighted by Crippen LogP contribution is 2.35. The Morgan fingerprint density at radius 2 is 2.41 bits per heavy atom. The predicted octanol–water partition coefficient (Wildman–Crippen LogP) is -0.195. The summed E-state index contributed by atoms with van der Waals surface area (Å²) in [5, 5.41) is 29.6. The van der Waals surface area contributed by atoms with E-state index in [2.05, 4.69) is 20.9 Å². The van der Waals surface area contributed by atoms with E-state index in [4.69, 9.17) is 9.84 Å². The molecule has 1 unspecified atom stereocenters. The van der Waals surface area contributed by atoms with Gasteiger partial charge in [-0.2, -0.15) is 4.57 Å². The van der Waals surface area contributed by atoms with Gasteiger partial charge in [0.15, 0.2) is 0 Å². The van der Waals surface area contributed by atoms with Crippen LogP contribution in [0.5, 0.6) is 0 Å². The first kappa shape index (κ1) is 12.4. The molecule has 1 aliphatic heterocycles. The number of halogens is 1. The summed E-state index contributed by atoms with van der Waals surface area (Å²) in [4.78, 5) is 13.1. The lowest BCUT2D eigenvalue weighted by molar-refractivity contribution is -0.398. The van der Waals surface area contributed by atoms with Crippen molar-refractivity contribution in [2.75, 3.05) is 6.61 Å². The van der Waals surface area contributed by atoms with Gasteiger partial charge in [0.2, 0.25) is 6.23 Å². The normalized spacial score (nSPS) is 32.9. The third-order valence-electron chi connectivity index (χ3n) is 2.55. The fourth-order valence-corrected chi connectivity index (χ4v) is 2.28. The molecule has 8 nitrogen and oxygen atoms in total.